The standard InChI is InChI=1S/C16H23NO3/c1-2-3-8-18-9-10-19-12-14-13-6-4-5-7-15(13)20-16(14)11-17/h4-7H,2-3,8-12,17H2,1H3. The van der Waals surface area contributed by atoms with Gasteiger partial charge in [-0.3, -0.25) is 0 Å². The van der Waals surface area contributed by atoms with E-state index in [1.165, 1.54) is 0 Å². The van der Waals surface area contributed by atoms with Gasteiger partial charge in [-0.15, -0.1) is 0 Å². The highest BCUT2D eigenvalue weighted by Crippen LogP contribution is 2.26. The molecule has 20 heavy (non-hydrogen) atoms. The molecule has 0 aliphatic carbocycles. The van der Waals surface area contributed by atoms with Crippen LogP contribution in [0.4, 0.5) is 0 Å². The fourth-order valence-corrected chi connectivity index (χ4v) is 2.11. The van der Waals surface area contributed by atoms with Crippen LogP contribution in [0.25, 0.3) is 11.0 Å². The average Bonchev–Trinajstić information content (AvgIpc) is 2.84. The fraction of sp³-hybridized carbons (Fsp3) is 0.500. The van der Waals surface area contributed by atoms with Crippen LogP contribution < -0.4 is 5.73 Å². The molecule has 110 valence electrons. The van der Waals surface area contributed by atoms with Crippen molar-refractivity contribution in [2.45, 2.75) is 32.9 Å². The normalized spacial score (nSPS) is 11.3. The number of furan rings is 1. The van der Waals surface area contributed by atoms with Crippen LogP contribution in [-0.4, -0.2) is 19.8 Å². The van der Waals surface area contributed by atoms with Gasteiger partial charge in [0.1, 0.15) is 11.3 Å². The highest BCUT2D eigenvalue weighted by Gasteiger charge is 2.12. The predicted molar refractivity (Wildman–Crippen MR) is 79.5 cm³/mol. The molecule has 1 aromatic carbocycles. The SMILES string of the molecule is CCCCOCCOCc1c(CN)oc2ccccc12. The van der Waals surface area contributed by atoms with Crippen LogP contribution in [0.1, 0.15) is 31.1 Å². The molecule has 0 radical (unpaired) electrons. The summed E-state index contributed by atoms with van der Waals surface area (Å²) in [6.45, 7) is 5.09. The summed E-state index contributed by atoms with van der Waals surface area (Å²) in [4.78, 5) is 0. The molecule has 0 aliphatic rings. The van der Waals surface area contributed by atoms with Gasteiger partial charge in [0.15, 0.2) is 0 Å². The van der Waals surface area contributed by atoms with Crippen molar-refractivity contribution >= 4 is 11.0 Å². The summed E-state index contributed by atoms with van der Waals surface area (Å²) in [5, 5.41) is 1.08. The van der Waals surface area contributed by atoms with Crippen molar-refractivity contribution in [3.8, 4) is 0 Å². The monoisotopic (exact) mass is 277 g/mol. The van der Waals surface area contributed by atoms with Crippen molar-refractivity contribution in [3.05, 3.63) is 35.6 Å². The van der Waals surface area contributed by atoms with Gasteiger partial charge in [-0.05, 0) is 12.5 Å². The second-order valence-electron chi connectivity index (χ2n) is 4.72. The molecular weight excluding hydrogens is 254 g/mol. The van der Waals surface area contributed by atoms with E-state index in [1.54, 1.807) is 0 Å². The molecule has 4 heteroatoms. The Kier molecular flexibility index (Phi) is 6.05. The van der Waals surface area contributed by atoms with Crippen molar-refractivity contribution in [1.29, 1.82) is 0 Å². The number of hydrogen-bond acceptors (Lipinski definition) is 4. The highest BCUT2D eigenvalue weighted by molar-refractivity contribution is 5.82. The minimum atomic E-state index is 0.389. The number of nitrogens with two attached hydrogens (primary N) is 1. The quantitative estimate of drug-likeness (QED) is 0.715. The molecule has 1 heterocycles. The molecule has 2 N–H and O–H groups in total. The maximum atomic E-state index is 5.73. The number of fused-ring (bicyclic) bond motifs is 1. The van der Waals surface area contributed by atoms with Gasteiger partial charge in [0, 0.05) is 17.6 Å². The Morgan fingerprint density at radius 1 is 1.10 bits per heavy atom. The first kappa shape index (κ1) is 15.0. The van der Waals surface area contributed by atoms with Crippen LogP contribution in [-0.2, 0) is 22.6 Å². The van der Waals surface area contributed by atoms with E-state index in [4.69, 9.17) is 19.6 Å². The van der Waals surface area contributed by atoms with Crippen LogP contribution in [0.3, 0.4) is 0 Å². The van der Waals surface area contributed by atoms with Crippen LogP contribution in [0.2, 0.25) is 0 Å². The van der Waals surface area contributed by atoms with Gasteiger partial charge in [0.2, 0.25) is 0 Å². The summed E-state index contributed by atoms with van der Waals surface area (Å²) in [6.07, 6.45) is 2.26. The van der Waals surface area contributed by atoms with Crippen LogP contribution in [0.15, 0.2) is 28.7 Å². The molecule has 1 aromatic heterocycles. The van der Waals surface area contributed by atoms with Gasteiger partial charge in [-0.1, -0.05) is 31.5 Å². The van der Waals surface area contributed by atoms with Gasteiger partial charge in [-0.2, -0.15) is 0 Å². The summed E-state index contributed by atoms with van der Waals surface area (Å²) in [6, 6.07) is 7.94. The number of benzene rings is 1. The van der Waals surface area contributed by atoms with E-state index in [-0.39, 0.29) is 0 Å². The zero-order chi connectivity index (χ0) is 14.2. The van der Waals surface area contributed by atoms with Gasteiger partial charge in [-0.25, -0.2) is 0 Å². The van der Waals surface area contributed by atoms with Crippen molar-refractivity contribution < 1.29 is 13.9 Å². The molecule has 0 bridgehead atoms. The average molecular weight is 277 g/mol. The molecular formula is C16H23NO3. The van der Waals surface area contributed by atoms with Gasteiger partial charge in [0.25, 0.3) is 0 Å². The largest absolute Gasteiger partial charge is 0.459 e. The van der Waals surface area contributed by atoms with Crippen LogP contribution >= 0.6 is 0 Å². The van der Waals surface area contributed by atoms with E-state index in [0.29, 0.717) is 26.4 Å². The van der Waals surface area contributed by atoms with Gasteiger partial charge < -0.3 is 19.6 Å². The Labute approximate surface area is 119 Å². The fourth-order valence-electron chi connectivity index (χ4n) is 2.11. The summed E-state index contributed by atoms with van der Waals surface area (Å²) in [7, 11) is 0. The van der Waals surface area contributed by atoms with Crippen LogP contribution in [0.5, 0.6) is 0 Å². The Bertz CT molecular complexity index is 521. The molecule has 0 saturated carbocycles. The lowest BCUT2D eigenvalue weighted by Gasteiger charge is -2.05. The second kappa shape index (κ2) is 8.04. The van der Waals surface area contributed by atoms with Crippen molar-refractivity contribution in [2.24, 2.45) is 5.73 Å². The topological polar surface area (TPSA) is 57.6 Å². The molecule has 2 aromatic rings. The Hall–Kier alpha value is -1.36. The first-order valence-electron chi connectivity index (χ1n) is 7.21. The van der Waals surface area contributed by atoms with E-state index in [1.807, 2.05) is 24.3 Å². The third kappa shape index (κ3) is 3.82. The molecule has 0 amide bonds. The lowest BCUT2D eigenvalue weighted by atomic mass is 10.1. The molecule has 0 unspecified atom stereocenters. The second-order valence-corrected chi connectivity index (χ2v) is 4.72. The molecule has 0 aliphatic heterocycles. The summed E-state index contributed by atoms with van der Waals surface area (Å²) in [5.74, 6) is 0.804. The highest BCUT2D eigenvalue weighted by atomic mass is 16.5. The third-order valence-electron chi connectivity index (χ3n) is 3.23. The summed E-state index contributed by atoms with van der Waals surface area (Å²) in [5.41, 5.74) is 7.64. The smallest absolute Gasteiger partial charge is 0.134 e. The zero-order valence-electron chi connectivity index (χ0n) is 12.1. The Balaban J connectivity index is 1.86. The number of hydrogen-bond donors (Lipinski definition) is 1. The number of para-hydroxylation sites is 1. The predicted octanol–water partition coefficient (Wildman–Crippen LogP) is 3.22. The first-order chi connectivity index (χ1) is 9.86. The third-order valence-corrected chi connectivity index (χ3v) is 3.23. The maximum Gasteiger partial charge on any atom is 0.134 e. The van der Waals surface area contributed by atoms with E-state index in [2.05, 4.69) is 6.92 Å². The van der Waals surface area contributed by atoms with E-state index >= 15 is 0 Å². The Morgan fingerprint density at radius 3 is 2.70 bits per heavy atom. The molecule has 0 atom stereocenters. The summed E-state index contributed by atoms with van der Waals surface area (Å²) < 4.78 is 16.9. The minimum absolute atomic E-state index is 0.389. The van der Waals surface area contributed by atoms with Gasteiger partial charge >= 0.3 is 0 Å². The Morgan fingerprint density at radius 2 is 1.90 bits per heavy atom. The van der Waals surface area contributed by atoms with E-state index in [0.717, 1.165) is 41.7 Å². The van der Waals surface area contributed by atoms with Crippen LogP contribution in [0, 0.1) is 0 Å². The van der Waals surface area contributed by atoms with Crippen molar-refractivity contribution in [2.75, 3.05) is 19.8 Å². The number of ether oxygens (including phenoxy) is 2. The first-order valence-corrected chi connectivity index (χ1v) is 7.21. The zero-order valence-corrected chi connectivity index (χ0v) is 12.1. The lowest BCUT2D eigenvalue weighted by molar-refractivity contribution is 0.0395. The molecule has 0 fully saturated rings. The molecule has 4 nitrogen and oxygen atoms in total. The minimum Gasteiger partial charge on any atom is -0.459 e. The molecule has 2 rings (SSSR count). The van der Waals surface area contributed by atoms with Crippen molar-refractivity contribution in [3.63, 3.8) is 0 Å². The molecule has 0 spiro atoms. The van der Waals surface area contributed by atoms with E-state index < -0.39 is 0 Å². The lowest BCUT2D eigenvalue weighted by Crippen LogP contribution is -2.06. The molecule has 0 saturated heterocycles. The summed E-state index contributed by atoms with van der Waals surface area (Å²) >= 11 is 0. The maximum absolute atomic E-state index is 5.73. The number of unbranched alkanes of at least 4 members (excludes halogenated alkanes) is 1. The van der Waals surface area contributed by atoms with Gasteiger partial charge in [0.05, 0.1) is 26.4 Å². The van der Waals surface area contributed by atoms with Crippen molar-refractivity contribution in [1.82, 2.24) is 0 Å². The number of rotatable bonds is 9. The van der Waals surface area contributed by atoms with E-state index in [9.17, 15) is 0 Å².